The van der Waals surface area contributed by atoms with E-state index in [-0.39, 0.29) is 17.7 Å². The molecule has 3 aliphatic carbocycles. The van der Waals surface area contributed by atoms with Crippen LogP contribution in [0.3, 0.4) is 0 Å². The normalized spacial score (nSPS) is 30.1. The largest absolute Gasteiger partial charge is 0.481 e. The maximum atomic E-state index is 12.4. The molecule has 0 aliphatic heterocycles. The lowest BCUT2D eigenvalue weighted by Gasteiger charge is -2.41. The molecule has 0 aromatic carbocycles. The topological polar surface area (TPSA) is 79.3 Å². The molecule has 1 saturated carbocycles. The maximum absolute atomic E-state index is 12.4. The smallest absolute Gasteiger partial charge is 0.307 e. The number of carboxylic acid groups (broad SMARTS) is 1. The Morgan fingerprint density at radius 3 is 2.52 bits per heavy atom. The molecule has 110 valence electrons. The van der Waals surface area contributed by atoms with Crippen molar-refractivity contribution in [1.82, 2.24) is 10.3 Å². The summed E-state index contributed by atoms with van der Waals surface area (Å²) >= 11 is 0. The van der Waals surface area contributed by atoms with E-state index in [0.29, 0.717) is 6.54 Å². The number of allylic oxidation sites excluding steroid dienone is 2. The van der Waals surface area contributed by atoms with Gasteiger partial charge in [0.2, 0.25) is 5.91 Å². The molecule has 21 heavy (non-hydrogen) atoms. The van der Waals surface area contributed by atoms with Crippen molar-refractivity contribution in [3.8, 4) is 0 Å². The molecule has 4 rings (SSSR count). The third-order valence-electron chi connectivity index (χ3n) is 4.53. The van der Waals surface area contributed by atoms with Gasteiger partial charge in [-0.15, -0.1) is 0 Å². The fourth-order valence-corrected chi connectivity index (χ4v) is 3.50. The summed E-state index contributed by atoms with van der Waals surface area (Å²) in [6.45, 7) is 0.386. The lowest BCUT2D eigenvalue weighted by Crippen LogP contribution is -2.48. The van der Waals surface area contributed by atoms with Gasteiger partial charge in [-0.05, 0) is 36.3 Å². The minimum atomic E-state index is -0.865. The summed E-state index contributed by atoms with van der Waals surface area (Å²) in [5, 5.41) is 12.3. The number of aliphatic carboxylic acids is 1. The van der Waals surface area contributed by atoms with Crippen molar-refractivity contribution in [2.24, 2.45) is 23.7 Å². The Labute approximate surface area is 123 Å². The van der Waals surface area contributed by atoms with Gasteiger partial charge in [0.15, 0.2) is 0 Å². The Hall–Kier alpha value is -2.17. The van der Waals surface area contributed by atoms with Crippen molar-refractivity contribution in [2.45, 2.75) is 19.4 Å². The zero-order valence-electron chi connectivity index (χ0n) is 11.6. The van der Waals surface area contributed by atoms with Crippen LogP contribution in [0.25, 0.3) is 0 Å². The predicted octanol–water partition coefficient (Wildman–Crippen LogP) is 1.61. The summed E-state index contributed by atoms with van der Waals surface area (Å²) in [4.78, 5) is 28.0. The predicted molar refractivity (Wildman–Crippen MR) is 76.1 cm³/mol. The standard InChI is InChI=1S/C16H18N2O3/c19-15(18-9-10-2-1-7-17-8-10)13-11-3-5-12(6-4-11)14(13)16(20)21/h1-3,5,7-8,11-14H,4,6,9H2,(H,18,19)(H,20,21)/t11-,12-,13-,14-/m0/s1. The molecule has 1 amide bonds. The minimum absolute atomic E-state index is 0.0124. The number of hydrogen-bond acceptors (Lipinski definition) is 3. The van der Waals surface area contributed by atoms with Gasteiger partial charge in [0, 0.05) is 18.9 Å². The first kappa shape index (κ1) is 13.8. The Kier molecular flexibility index (Phi) is 3.73. The summed E-state index contributed by atoms with van der Waals surface area (Å²) in [6, 6.07) is 3.70. The quantitative estimate of drug-likeness (QED) is 0.824. The van der Waals surface area contributed by atoms with E-state index in [1.54, 1.807) is 12.4 Å². The zero-order valence-corrected chi connectivity index (χ0v) is 11.6. The van der Waals surface area contributed by atoms with Crippen molar-refractivity contribution in [2.75, 3.05) is 0 Å². The van der Waals surface area contributed by atoms with Crippen LogP contribution in [0.5, 0.6) is 0 Å². The van der Waals surface area contributed by atoms with Crippen molar-refractivity contribution < 1.29 is 14.7 Å². The van der Waals surface area contributed by atoms with Gasteiger partial charge >= 0.3 is 5.97 Å². The van der Waals surface area contributed by atoms with Gasteiger partial charge in [-0.2, -0.15) is 0 Å². The van der Waals surface area contributed by atoms with Crippen molar-refractivity contribution in [1.29, 1.82) is 0 Å². The zero-order chi connectivity index (χ0) is 14.8. The molecule has 1 aromatic heterocycles. The van der Waals surface area contributed by atoms with Gasteiger partial charge in [-0.1, -0.05) is 18.2 Å². The molecule has 1 fully saturated rings. The molecule has 0 spiro atoms. The van der Waals surface area contributed by atoms with Gasteiger partial charge in [-0.25, -0.2) is 0 Å². The summed E-state index contributed by atoms with van der Waals surface area (Å²) in [5.74, 6) is -2.04. The highest BCUT2D eigenvalue weighted by Gasteiger charge is 2.47. The first-order valence-electron chi connectivity index (χ1n) is 7.24. The Balaban J connectivity index is 1.71. The number of amides is 1. The minimum Gasteiger partial charge on any atom is -0.481 e. The average Bonchev–Trinajstić information content (AvgIpc) is 2.53. The van der Waals surface area contributed by atoms with Gasteiger partial charge in [0.05, 0.1) is 11.8 Å². The van der Waals surface area contributed by atoms with E-state index in [1.165, 1.54) is 0 Å². The first-order chi connectivity index (χ1) is 10.2. The van der Waals surface area contributed by atoms with Gasteiger partial charge < -0.3 is 10.4 Å². The van der Waals surface area contributed by atoms with Gasteiger partial charge in [-0.3, -0.25) is 14.6 Å². The number of nitrogens with zero attached hydrogens (tertiary/aromatic N) is 1. The van der Waals surface area contributed by atoms with Crippen LogP contribution < -0.4 is 5.32 Å². The Morgan fingerprint density at radius 2 is 1.95 bits per heavy atom. The third-order valence-corrected chi connectivity index (χ3v) is 4.53. The molecule has 2 N–H and O–H groups in total. The highest BCUT2D eigenvalue weighted by molar-refractivity contribution is 5.86. The van der Waals surface area contributed by atoms with Crippen LogP contribution in [0.1, 0.15) is 18.4 Å². The number of aromatic nitrogens is 1. The summed E-state index contributed by atoms with van der Waals surface area (Å²) < 4.78 is 0. The molecule has 0 radical (unpaired) electrons. The number of rotatable bonds is 4. The molecule has 0 unspecified atom stereocenters. The van der Waals surface area contributed by atoms with E-state index in [0.717, 1.165) is 18.4 Å². The third kappa shape index (κ3) is 2.68. The number of carbonyl (C=O) groups excluding carboxylic acids is 1. The maximum Gasteiger partial charge on any atom is 0.307 e. The lowest BCUT2D eigenvalue weighted by atomic mass is 9.62. The molecule has 1 aromatic rings. The van der Waals surface area contributed by atoms with E-state index < -0.39 is 17.8 Å². The molecule has 4 atom stereocenters. The van der Waals surface area contributed by atoms with E-state index in [2.05, 4.69) is 10.3 Å². The van der Waals surface area contributed by atoms with Crippen LogP contribution in [0.4, 0.5) is 0 Å². The summed E-state index contributed by atoms with van der Waals surface area (Å²) in [5.41, 5.74) is 0.911. The summed E-state index contributed by atoms with van der Waals surface area (Å²) in [7, 11) is 0. The number of hydrogen-bond donors (Lipinski definition) is 2. The van der Waals surface area contributed by atoms with Gasteiger partial charge in [0.1, 0.15) is 0 Å². The molecular formula is C16H18N2O3. The molecule has 0 saturated heterocycles. The van der Waals surface area contributed by atoms with Crippen molar-refractivity contribution in [3.05, 3.63) is 42.2 Å². The van der Waals surface area contributed by atoms with Gasteiger partial charge in [0.25, 0.3) is 0 Å². The van der Waals surface area contributed by atoms with Crippen molar-refractivity contribution in [3.63, 3.8) is 0 Å². The summed E-state index contributed by atoms with van der Waals surface area (Å²) in [6.07, 6.45) is 9.12. The molecule has 3 aliphatic rings. The second-order valence-electron chi connectivity index (χ2n) is 5.76. The van der Waals surface area contributed by atoms with Crippen LogP contribution in [0.15, 0.2) is 36.7 Å². The van der Waals surface area contributed by atoms with E-state index >= 15 is 0 Å². The first-order valence-corrected chi connectivity index (χ1v) is 7.24. The molecular weight excluding hydrogens is 268 g/mol. The number of nitrogens with one attached hydrogen (secondary N) is 1. The molecule has 2 bridgehead atoms. The van der Waals surface area contributed by atoms with Crippen molar-refractivity contribution >= 4 is 11.9 Å². The highest BCUT2D eigenvalue weighted by atomic mass is 16.4. The van der Waals surface area contributed by atoms with E-state index in [1.807, 2.05) is 24.3 Å². The number of pyridine rings is 1. The molecule has 5 heteroatoms. The molecule has 1 heterocycles. The van der Waals surface area contributed by atoms with Crippen LogP contribution in [-0.2, 0) is 16.1 Å². The highest BCUT2D eigenvalue weighted by Crippen LogP contribution is 2.45. The monoisotopic (exact) mass is 286 g/mol. The SMILES string of the molecule is O=C(O)[C@@H]1[C@@H](C(=O)NCc2cccnc2)[C@H]2C=C[C@H]1CC2. The average molecular weight is 286 g/mol. The van der Waals surface area contributed by atoms with E-state index in [9.17, 15) is 14.7 Å². The van der Waals surface area contributed by atoms with E-state index in [4.69, 9.17) is 0 Å². The van der Waals surface area contributed by atoms with Crippen LogP contribution in [0.2, 0.25) is 0 Å². The molecule has 5 nitrogen and oxygen atoms in total. The number of fused-ring (bicyclic) bond motifs is 2. The van der Waals surface area contributed by atoms with Crippen LogP contribution >= 0.6 is 0 Å². The number of carboxylic acids is 1. The second kappa shape index (κ2) is 5.68. The lowest BCUT2D eigenvalue weighted by molar-refractivity contribution is -0.153. The Bertz CT molecular complexity index is 570. The number of carbonyl (C=O) groups is 2. The second-order valence-corrected chi connectivity index (χ2v) is 5.76. The van der Waals surface area contributed by atoms with Crippen LogP contribution in [-0.4, -0.2) is 22.0 Å². The van der Waals surface area contributed by atoms with Crippen LogP contribution in [0, 0.1) is 23.7 Å². The fourth-order valence-electron chi connectivity index (χ4n) is 3.50. The fraction of sp³-hybridized carbons (Fsp3) is 0.438. The Morgan fingerprint density at radius 1 is 1.24 bits per heavy atom.